The Labute approximate surface area is 322 Å². The molecule has 0 aliphatic carbocycles. The van der Waals surface area contributed by atoms with Crippen LogP contribution in [0, 0.1) is 0 Å². The standard InChI is InChI=1S/C41H39F3N6O5S/c1-53-31-13-7-27(8-14-31)24-49(25-28-9-15-32(54-2)16-10-28)56(51,52)39-37(41(42,43)44)20-19-36(35-6-4-5-30-23-45-22-21-34(30)35)38(39)40-46-48-50(47-40)26-29-11-17-33(55-3)18-12-29/h4-20,45H,21-26H2,1-3H3. The number of nitrogens with one attached hydrogen (secondary N) is 1. The summed E-state index contributed by atoms with van der Waals surface area (Å²) in [5.74, 6) is 1.45. The zero-order valence-corrected chi connectivity index (χ0v) is 31.7. The first kappa shape index (κ1) is 38.5. The summed E-state index contributed by atoms with van der Waals surface area (Å²) in [5, 5.41) is 16.3. The Kier molecular flexibility index (Phi) is 11.1. The van der Waals surface area contributed by atoms with E-state index < -0.39 is 26.7 Å². The molecule has 1 aliphatic heterocycles. The van der Waals surface area contributed by atoms with Gasteiger partial charge in [-0.2, -0.15) is 22.3 Å². The van der Waals surface area contributed by atoms with Crippen molar-refractivity contribution in [1.82, 2.24) is 29.8 Å². The molecule has 0 spiro atoms. The minimum atomic E-state index is -5.08. The Morgan fingerprint density at radius 3 is 1.88 bits per heavy atom. The van der Waals surface area contributed by atoms with Crippen LogP contribution in [0.5, 0.6) is 17.2 Å². The van der Waals surface area contributed by atoms with Crippen LogP contribution in [0.4, 0.5) is 13.2 Å². The molecule has 0 unspecified atom stereocenters. The van der Waals surface area contributed by atoms with Gasteiger partial charge in [-0.25, -0.2) is 8.42 Å². The molecule has 5 aromatic carbocycles. The Bertz CT molecular complexity index is 2370. The molecule has 0 saturated carbocycles. The number of nitrogens with zero attached hydrogens (tertiary/aromatic N) is 5. The second-order valence-corrected chi connectivity index (χ2v) is 15.1. The number of halogens is 3. The molecular formula is C41H39F3N6O5S. The van der Waals surface area contributed by atoms with E-state index in [0.29, 0.717) is 53.4 Å². The third-order valence-electron chi connectivity index (χ3n) is 9.69. The third kappa shape index (κ3) is 8.10. The number of fused-ring (bicyclic) bond motifs is 1. The normalized spacial score (nSPS) is 13.1. The van der Waals surface area contributed by atoms with Crippen molar-refractivity contribution in [1.29, 1.82) is 0 Å². The molecule has 0 radical (unpaired) electrons. The predicted molar refractivity (Wildman–Crippen MR) is 204 cm³/mol. The highest BCUT2D eigenvalue weighted by molar-refractivity contribution is 7.89. The molecule has 1 aromatic heterocycles. The summed E-state index contributed by atoms with van der Waals surface area (Å²) >= 11 is 0. The molecule has 290 valence electrons. The van der Waals surface area contributed by atoms with E-state index in [4.69, 9.17) is 14.2 Å². The fraction of sp³-hybridized carbons (Fsp3) is 0.244. The van der Waals surface area contributed by atoms with Crippen LogP contribution in [0.1, 0.15) is 33.4 Å². The molecule has 6 aromatic rings. The topological polar surface area (TPSA) is 121 Å². The van der Waals surface area contributed by atoms with Crippen molar-refractivity contribution in [3.63, 3.8) is 0 Å². The molecular weight excluding hydrogens is 746 g/mol. The Balaban J connectivity index is 1.46. The van der Waals surface area contributed by atoms with Gasteiger partial charge in [0.15, 0.2) is 0 Å². The van der Waals surface area contributed by atoms with E-state index >= 15 is 21.6 Å². The summed E-state index contributed by atoms with van der Waals surface area (Å²) in [5.41, 5.74) is 2.88. The quantitative estimate of drug-likeness (QED) is 0.130. The highest BCUT2D eigenvalue weighted by atomic mass is 32.2. The summed E-state index contributed by atoms with van der Waals surface area (Å²) in [6.45, 7) is 0.782. The maximum atomic E-state index is 15.4. The summed E-state index contributed by atoms with van der Waals surface area (Å²) in [7, 11) is -0.465. The van der Waals surface area contributed by atoms with Gasteiger partial charge in [-0.3, -0.25) is 0 Å². The van der Waals surface area contributed by atoms with E-state index in [1.807, 2.05) is 12.1 Å². The zero-order chi connectivity index (χ0) is 39.5. The average molecular weight is 785 g/mol. The number of rotatable bonds is 13. The van der Waals surface area contributed by atoms with Crippen molar-refractivity contribution >= 4 is 10.0 Å². The first-order chi connectivity index (χ1) is 27.0. The van der Waals surface area contributed by atoms with Crippen molar-refractivity contribution in [2.45, 2.75) is 43.7 Å². The van der Waals surface area contributed by atoms with Gasteiger partial charge in [0.1, 0.15) is 22.1 Å². The fourth-order valence-electron chi connectivity index (χ4n) is 6.83. The number of aromatic nitrogens is 4. The number of benzene rings is 5. The largest absolute Gasteiger partial charge is 0.497 e. The smallest absolute Gasteiger partial charge is 0.417 e. The number of hydrogen-bond donors (Lipinski definition) is 1. The zero-order valence-electron chi connectivity index (χ0n) is 30.9. The van der Waals surface area contributed by atoms with Gasteiger partial charge in [0, 0.05) is 19.6 Å². The maximum absolute atomic E-state index is 15.4. The summed E-state index contributed by atoms with van der Waals surface area (Å²) in [6, 6.07) is 28.2. The number of hydrogen-bond acceptors (Lipinski definition) is 9. The van der Waals surface area contributed by atoms with Crippen molar-refractivity contribution < 1.29 is 35.8 Å². The van der Waals surface area contributed by atoms with Crippen LogP contribution in [0.25, 0.3) is 22.5 Å². The molecule has 15 heteroatoms. The van der Waals surface area contributed by atoms with E-state index in [1.165, 1.54) is 25.1 Å². The van der Waals surface area contributed by atoms with Crippen LogP contribution in [-0.2, 0) is 48.8 Å². The third-order valence-corrected chi connectivity index (χ3v) is 11.6. The first-order valence-corrected chi connectivity index (χ1v) is 19.2. The second-order valence-electron chi connectivity index (χ2n) is 13.2. The van der Waals surface area contributed by atoms with Gasteiger partial charge in [-0.1, -0.05) is 60.7 Å². The van der Waals surface area contributed by atoms with Crippen LogP contribution in [-0.4, -0.2) is 60.8 Å². The van der Waals surface area contributed by atoms with Gasteiger partial charge in [0.25, 0.3) is 0 Å². The first-order valence-electron chi connectivity index (χ1n) is 17.7. The Morgan fingerprint density at radius 2 is 1.32 bits per heavy atom. The van der Waals surface area contributed by atoms with Crippen molar-refractivity contribution in [3.05, 3.63) is 137 Å². The van der Waals surface area contributed by atoms with Crippen LogP contribution < -0.4 is 19.5 Å². The second kappa shape index (κ2) is 16.1. The molecule has 56 heavy (non-hydrogen) atoms. The molecule has 2 heterocycles. The summed E-state index contributed by atoms with van der Waals surface area (Å²) in [4.78, 5) is 0.272. The van der Waals surface area contributed by atoms with E-state index in [2.05, 4.69) is 20.7 Å². The van der Waals surface area contributed by atoms with E-state index in [0.717, 1.165) is 27.1 Å². The Morgan fingerprint density at radius 1 is 0.750 bits per heavy atom. The van der Waals surface area contributed by atoms with E-state index in [-0.39, 0.29) is 36.6 Å². The lowest BCUT2D eigenvalue weighted by molar-refractivity contribution is -0.139. The lowest BCUT2D eigenvalue weighted by atomic mass is 9.88. The van der Waals surface area contributed by atoms with Crippen molar-refractivity contribution in [3.8, 4) is 39.8 Å². The van der Waals surface area contributed by atoms with Gasteiger partial charge >= 0.3 is 6.18 Å². The van der Waals surface area contributed by atoms with Crippen LogP contribution in [0.3, 0.4) is 0 Å². The molecule has 7 rings (SSSR count). The highest BCUT2D eigenvalue weighted by Gasteiger charge is 2.43. The lowest BCUT2D eigenvalue weighted by Gasteiger charge is -2.27. The Hall–Kier alpha value is -5.77. The van der Waals surface area contributed by atoms with Gasteiger partial charge in [-0.05, 0) is 99.6 Å². The lowest BCUT2D eigenvalue weighted by Crippen LogP contribution is -2.32. The SMILES string of the molecule is COc1ccc(CN(Cc2ccc(OC)cc2)S(=O)(=O)c2c(C(F)(F)F)ccc(-c3cccc4c3CCNC4)c2-c2nnn(Cc3ccc(OC)cc3)n2)cc1. The number of alkyl halides is 3. The number of tetrazole rings is 1. The average Bonchev–Trinajstić information content (AvgIpc) is 3.68. The maximum Gasteiger partial charge on any atom is 0.417 e. The number of ether oxygens (including phenoxy) is 3. The molecule has 1 N–H and O–H groups in total. The van der Waals surface area contributed by atoms with Gasteiger partial charge in [-0.15, -0.1) is 10.2 Å². The summed E-state index contributed by atoms with van der Waals surface area (Å²) < 4.78 is 93.6. The minimum absolute atomic E-state index is 0.112. The monoisotopic (exact) mass is 784 g/mol. The molecule has 0 bridgehead atoms. The van der Waals surface area contributed by atoms with Crippen molar-refractivity contribution in [2.24, 2.45) is 0 Å². The highest BCUT2D eigenvalue weighted by Crippen LogP contribution is 2.46. The van der Waals surface area contributed by atoms with Gasteiger partial charge in [0.2, 0.25) is 15.8 Å². The molecule has 0 fully saturated rings. The number of methoxy groups -OCH3 is 3. The van der Waals surface area contributed by atoms with E-state index in [1.54, 1.807) is 86.0 Å². The van der Waals surface area contributed by atoms with E-state index in [9.17, 15) is 0 Å². The van der Waals surface area contributed by atoms with Gasteiger partial charge < -0.3 is 19.5 Å². The van der Waals surface area contributed by atoms with Crippen LogP contribution in [0.2, 0.25) is 0 Å². The molecule has 11 nitrogen and oxygen atoms in total. The molecule has 1 aliphatic rings. The fourth-order valence-corrected chi connectivity index (χ4v) is 8.65. The predicted octanol–water partition coefficient (Wildman–Crippen LogP) is 7.14. The molecule has 0 saturated heterocycles. The van der Waals surface area contributed by atoms with Crippen LogP contribution in [0.15, 0.2) is 108 Å². The summed E-state index contributed by atoms with van der Waals surface area (Å²) in [6.07, 6.45) is -4.51. The van der Waals surface area contributed by atoms with Gasteiger partial charge in [0.05, 0.1) is 39.0 Å². The molecule has 0 amide bonds. The minimum Gasteiger partial charge on any atom is -0.497 e. The number of sulfonamides is 1. The van der Waals surface area contributed by atoms with Crippen LogP contribution >= 0.6 is 0 Å². The molecule has 0 atom stereocenters. The van der Waals surface area contributed by atoms with Crippen molar-refractivity contribution in [2.75, 3.05) is 27.9 Å².